The third-order valence-electron chi connectivity index (χ3n) is 3.91. The fourth-order valence-electron chi connectivity index (χ4n) is 2.53. The standard InChI is InChI=1S/C17H17N5O3/c1-10-14(16(25)22-17(20-10)18-9-19-22)7-8-15(24)21-13-5-3-12(4-6-13)11(2)23/h3-6,9H,7-8H2,1-2H3,(H,21,24)(H,18,19,20). The van der Waals surface area contributed by atoms with Gasteiger partial charge in [0.2, 0.25) is 5.91 Å². The molecular weight excluding hydrogens is 322 g/mol. The molecule has 0 fully saturated rings. The predicted octanol–water partition coefficient (Wildman–Crippen LogP) is 1.50. The molecule has 0 saturated carbocycles. The minimum atomic E-state index is -0.251. The molecule has 0 bridgehead atoms. The van der Waals surface area contributed by atoms with Crippen molar-refractivity contribution in [3.63, 3.8) is 0 Å². The van der Waals surface area contributed by atoms with Gasteiger partial charge in [-0.1, -0.05) is 0 Å². The number of hydrogen-bond acceptors (Lipinski definition) is 5. The molecule has 1 amide bonds. The van der Waals surface area contributed by atoms with E-state index < -0.39 is 0 Å². The number of aromatic nitrogens is 4. The average molecular weight is 339 g/mol. The zero-order valence-electron chi connectivity index (χ0n) is 13.9. The minimum absolute atomic E-state index is 0.0319. The van der Waals surface area contributed by atoms with Crippen LogP contribution in [0.4, 0.5) is 5.69 Å². The van der Waals surface area contributed by atoms with Crippen LogP contribution in [0.25, 0.3) is 5.78 Å². The van der Waals surface area contributed by atoms with Gasteiger partial charge in [-0.15, -0.1) is 0 Å². The van der Waals surface area contributed by atoms with Gasteiger partial charge >= 0.3 is 0 Å². The highest BCUT2D eigenvalue weighted by molar-refractivity contribution is 5.95. The molecule has 0 aliphatic heterocycles. The summed E-state index contributed by atoms with van der Waals surface area (Å²) in [5.41, 5.74) is 1.98. The fourth-order valence-corrected chi connectivity index (χ4v) is 2.53. The highest BCUT2D eigenvalue weighted by Gasteiger charge is 2.13. The number of benzene rings is 1. The highest BCUT2D eigenvalue weighted by Crippen LogP contribution is 2.11. The van der Waals surface area contributed by atoms with Gasteiger partial charge < -0.3 is 5.32 Å². The van der Waals surface area contributed by atoms with Crippen LogP contribution in [0, 0.1) is 6.92 Å². The van der Waals surface area contributed by atoms with E-state index >= 15 is 0 Å². The number of H-pyrrole nitrogens is 1. The average Bonchev–Trinajstić information content (AvgIpc) is 3.03. The topological polar surface area (TPSA) is 109 Å². The second-order valence-corrected chi connectivity index (χ2v) is 5.69. The molecular formula is C17H17N5O3. The smallest absolute Gasteiger partial charge is 0.277 e. The number of carbonyl (C=O) groups excluding carboxylic acids is 2. The minimum Gasteiger partial charge on any atom is -0.326 e. The van der Waals surface area contributed by atoms with Crippen LogP contribution in [0.2, 0.25) is 0 Å². The van der Waals surface area contributed by atoms with E-state index in [-0.39, 0.29) is 30.1 Å². The van der Waals surface area contributed by atoms with E-state index in [4.69, 9.17) is 0 Å². The molecule has 0 spiro atoms. The Morgan fingerprint density at radius 1 is 1.24 bits per heavy atom. The molecule has 2 heterocycles. The molecule has 3 rings (SSSR count). The van der Waals surface area contributed by atoms with Crippen LogP contribution in [-0.2, 0) is 11.2 Å². The predicted molar refractivity (Wildman–Crippen MR) is 91.7 cm³/mol. The van der Waals surface area contributed by atoms with E-state index in [2.05, 4.69) is 20.4 Å². The molecule has 0 atom stereocenters. The van der Waals surface area contributed by atoms with Crippen LogP contribution >= 0.6 is 0 Å². The number of Topliss-reactive ketones (excluding diaryl/α,β-unsaturated/α-hetero) is 1. The Balaban J connectivity index is 1.68. The molecule has 25 heavy (non-hydrogen) atoms. The number of fused-ring (bicyclic) bond motifs is 1. The summed E-state index contributed by atoms with van der Waals surface area (Å²) < 4.78 is 1.25. The number of aryl methyl sites for hydroxylation is 1. The van der Waals surface area contributed by atoms with Crippen molar-refractivity contribution in [2.24, 2.45) is 0 Å². The zero-order chi connectivity index (χ0) is 18.0. The molecule has 1 aromatic carbocycles. The maximum Gasteiger partial charge on any atom is 0.277 e. The van der Waals surface area contributed by atoms with Crippen LogP contribution < -0.4 is 10.9 Å². The van der Waals surface area contributed by atoms with Crippen molar-refractivity contribution in [1.29, 1.82) is 0 Å². The Bertz CT molecular complexity index is 1000. The number of ketones is 1. The summed E-state index contributed by atoms with van der Waals surface area (Å²) in [6, 6.07) is 6.66. The first-order chi connectivity index (χ1) is 12.0. The molecule has 0 saturated heterocycles. The molecule has 8 nitrogen and oxygen atoms in total. The first-order valence-electron chi connectivity index (χ1n) is 7.78. The second-order valence-electron chi connectivity index (χ2n) is 5.69. The summed E-state index contributed by atoms with van der Waals surface area (Å²) in [6.07, 6.45) is 1.81. The Labute approximate surface area is 142 Å². The van der Waals surface area contributed by atoms with Crippen molar-refractivity contribution in [2.45, 2.75) is 26.7 Å². The number of rotatable bonds is 5. The largest absolute Gasteiger partial charge is 0.326 e. The Morgan fingerprint density at radius 3 is 2.64 bits per heavy atom. The molecule has 0 radical (unpaired) electrons. The van der Waals surface area contributed by atoms with Crippen LogP contribution in [0.3, 0.4) is 0 Å². The maximum absolute atomic E-state index is 12.4. The third-order valence-corrected chi connectivity index (χ3v) is 3.91. The van der Waals surface area contributed by atoms with Crippen molar-refractivity contribution >= 4 is 23.2 Å². The molecule has 0 unspecified atom stereocenters. The number of nitrogens with one attached hydrogen (secondary N) is 2. The number of amides is 1. The fraction of sp³-hybridized carbons (Fsp3) is 0.235. The van der Waals surface area contributed by atoms with Gasteiger partial charge in [0.25, 0.3) is 11.3 Å². The summed E-state index contributed by atoms with van der Waals surface area (Å²) in [6.45, 7) is 3.21. The Morgan fingerprint density at radius 2 is 1.96 bits per heavy atom. The van der Waals surface area contributed by atoms with Gasteiger partial charge in [0.1, 0.15) is 6.33 Å². The van der Waals surface area contributed by atoms with Crippen LogP contribution in [0.1, 0.15) is 35.0 Å². The van der Waals surface area contributed by atoms with E-state index in [1.54, 1.807) is 31.2 Å². The van der Waals surface area contributed by atoms with Gasteiger partial charge in [-0.3, -0.25) is 19.5 Å². The maximum atomic E-state index is 12.4. The lowest BCUT2D eigenvalue weighted by Gasteiger charge is -2.07. The van der Waals surface area contributed by atoms with E-state index in [1.807, 2.05) is 0 Å². The summed E-state index contributed by atoms with van der Waals surface area (Å²) >= 11 is 0. The third kappa shape index (κ3) is 3.47. The molecule has 2 N–H and O–H groups in total. The van der Waals surface area contributed by atoms with E-state index in [0.717, 1.165) is 0 Å². The second kappa shape index (κ2) is 6.68. The lowest BCUT2D eigenvalue weighted by Crippen LogP contribution is -2.23. The van der Waals surface area contributed by atoms with Crippen molar-refractivity contribution in [2.75, 3.05) is 5.32 Å². The number of anilines is 1. The molecule has 0 aliphatic rings. The van der Waals surface area contributed by atoms with Gasteiger partial charge in [0.05, 0.1) is 5.69 Å². The first kappa shape index (κ1) is 16.6. The van der Waals surface area contributed by atoms with Crippen LogP contribution in [-0.4, -0.2) is 31.3 Å². The zero-order valence-corrected chi connectivity index (χ0v) is 13.9. The number of aromatic amines is 1. The Kier molecular flexibility index (Phi) is 4.42. The number of carbonyl (C=O) groups is 2. The van der Waals surface area contributed by atoms with Gasteiger partial charge in [-0.25, -0.2) is 9.97 Å². The van der Waals surface area contributed by atoms with Crippen LogP contribution in [0.15, 0.2) is 35.4 Å². The molecule has 0 aliphatic carbocycles. The van der Waals surface area contributed by atoms with Crippen molar-refractivity contribution in [3.05, 3.63) is 57.8 Å². The Hall–Kier alpha value is -3.29. The molecule has 128 valence electrons. The van der Waals surface area contributed by atoms with E-state index in [0.29, 0.717) is 28.3 Å². The van der Waals surface area contributed by atoms with Gasteiger partial charge in [-0.2, -0.15) is 4.52 Å². The van der Waals surface area contributed by atoms with Gasteiger partial charge in [-0.05, 0) is 44.5 Å². The lowest BCUT2D eigenvalue weighted by molar-refractivity contribution is -0.116. The summed E-state index contributed by atoms with van der Waals surface area (Å²) in [7, 11) is 0. The van der Waals surface area contributed by atoms with Gasteiger partial charge in [0, 0.05) is 23.2 Å². The number of hydrogen-bond donors (Lipinski definition) is 2. The van der Waals surface area contributed by atoms with E-state index in [9.17, 15) is 14.4 Å². The molecule has 3 aromatic rings. The van der Waals surface area contributed by atoms with Crippen molar-refractivity contribution in [3.8, 4) is 0 Å². The normalized spacial score (nSPS) is 10.8. The van der Waals surface area contributed by atoms with Crippen molar-refractivity contribution < 1.29 is 9.59 Å². The summed E-state index contributed by atoms with van der Waals surface area (Å²) in [5.74, 6) is 0.0564. The van der Waals surface area contributed by atoms with E-state index in [1.165, 1.54) is 17.8 Å². The quantitative estimate of drug-likeness (QED) is 0.685. The lowest BCUT2D eigenvalue weighted by atomic mass is 10.1. The van der Waals surface area contributed by atoms with Gasteiger partial charge in [0.15, 0.2) is 5.78 Å². The highest BCUT2D eigenvalue weighted by atomic mass is 16.2. The summed E-state index contributed by atoms with van der Waals surface area (Å²) in [5, 5.41) is 5.45. The van der Waals surface area contributed by atoms with Crippen molar-refractivity contribution in [1.82, 2.24) is 19.6 Å². The summed E-state index contributed by atoms with van der Waals surface area (Å²) in [4.78, 5) is 43.9. The monoisotopic (exact) mass is 339 g/mol. The molecule has 2 aromatic heterocycles. The first-order valence-corrected chi connectivity index (χ1v) is 7.78. The molecule has 8 heteroatoms. The number of nitrogens with zero attached hydrogens (tertiary/aromatic N) is 3. The SMILES string of the molecule is CC(=O)c1ccc(NC(=O)CCc2c(C)nc3nc[nH]n3c2=O)cc1. The van der Waals surface area contributed by atoms with Crippen LogP contribution in [0.5, 0.6) is 0 Å².